The molecule has 1 atom stereocenters. The van der Waals surface area contributed by atoms with Crippen LogP contribution in [-0.2, 0) is 9.53 Å². The van der Waals surface area contributed by atoms with E-state index in [2.05, 4.69) is 15.6 Å². The fourth-order valence-corrected chi connectivity index (χ4v) is 2.46. The number of carbonyl (C=O) groups excluding carboxylic acids is 1. The Bertz CT molecular complexity index is 557. The molecule has 1 aliphatic rings. The fraction of sp³-hybridized carbons (Fsp3) is 0.579. The summed E-state index contributed by atoms with van der Waals surface area (Å²) in [5.41, 5.74) is 0. The molecule has 0 aromatic heterocycles. The molecule has 0 radical (unpaired) electrons. The number of hydrogen-bond donors (Lipinski definition) is 2. The number of nitrogens with zero attached hydrogens (tertiary/aromatic N) is 2. The van der Waals surface area contributed by atoms with Crippen LogP contribution in [0.2, 0.25) is 0 Å². The minimum atomic E-state index is -0.0318. The Labute approximate surface area is 155 Å². The number of aliphatic imine (C=N–C) groups is 1. The van der Waals surface area contributed by atoms with Crippen molar-refractivity contribution in [2.75, 3.05) is 46.9 Å². The molecule has 0 spiro atoms. The molecule has 1 aliphatic heterocycles. The molecule has 2 N–H and O–H groups in total. The highest BCUT2D eigenvalue weighted by Crippen LogP contribution is 2.10. The highest BCUT2D eigenvalue weighted by atomic mass is 16.5. The van der Waals surface area contributed by atoms with Gasteiger partial charge in [0.15, 0.2) is 5.96 Å². The predicted octanol–water partition coefficient (Wildman–Crippen LogP) is 1.26. The number of guanidine groups is 1. The van der Waals surface area contributed by atoms with Crippen LogP contribution in [0.15, 0.2) is 35.3 Å². The molecule has 144 valence electrons. The molecule has 0 saturated carbocycles. The molecule has 1 heterocycles. The SMILES string of the molecule is CN(C)C(=O)CN=C(NCCCOc1ccccc1)NCC1CCCO1. The lowest BCUT2D eigenvalue weighted by Crippen LogP contribution is -2.42. The van der Waals surface area contributed by atoms with Gasteiger partial charge < -0.3 is 25.0 Å². The Morgan fingerprint density at radius 2 is 2.12 bits per heavy atom. The second kappa shape index (κ2) is 11.4. The second-order valence-corrected chi connectivity index (χ2v) is 6.41. The second-order valence-electron chi connectivity index (χ2n) is 6.41. The number of rotatable bonds is 9. The average Bonchev–Trinajstić information content (AvgIpc) is 3.17. The van der Waals surface area contributed by atoms with Gasteiger partial charge in [0.2, 0.25) is 5.91 Å². The summed E-state index contributed by atoms with van der Waals surface area (Å²) in [5, 5.41) is 6.52. The first kappa shape index (κ1) is 20.0. The first-order chi connectivity index (χ1) is 12.6. The van der Waals surface area contributed by atoms with Crippen molar-refractivity contribution in [1.82, 2.24) is 15.5 Å². The quantitative estimate of drug-likeness (QED) is 0.393. The Morgan fingerprint density at radius 1 is 1.31 bits per heavy atom. The maximum atomic E-state index is 11.8. The van der Waals surface area contributed by atoms with E-state index in [9.17, 15) is 4.79 Å². The van der Waals surface area contributed by atoms with Crippen molar-refractivity contribution in [3.63, 3.8) is 0 Å². The van der Waals surface area contributed by atoms with Crippen molar-refractivity contribution >= 4 is 11.9 Å². The van der Waals surface area contributed by atoms with E-state index in [0.717, 1.165) is 31.6 Å². The summed E-state index contributed by atoms with van der Waals surface area (Å²) >= 11 is 0. The number of likely N-dealkylation sites (N-methyl/N-ethyl adjacent to an activating group) is 1. The molecule has 1 saturated heterocycles. The van der Waals surface area contributed by atoms with Crippen LogP contribution < -0.4 is 15.4 Å². The van der Waals surface area contributed by atoms with Crippen molar-refractivity contribution in [2.45, 2.75) is 25.4 Å². The average molecular weight is 362 g/mol. The van der Waals surface area contributed by atoms with Crippen molar-refractivity contribution < 1.29 is 14.3 Å². The number of carbonyl (C=O) groups is 1. The summed E-state index contributed by atoms with van der Waals surface area (Å²) in [6, 6.07) is 9.75. The van der Waals surface area contributed by atoms with Crippen LogP contribution in [0.5, 0.6) is 5.75 Å². The van der Waals surface area contributed by atoms with Crippen LogP contribution >= 0.6 is 0 Å². The van der Waals surface area contributed by atoms with Gasteiger partial charge in [0.25, 0.3) is 0 Å². The molecule has 1 aromatic carbocycles. The molecule has 2 rings (SSSR count). The lowest BCUT2D eigenvalue weighted by atomic mass is 10.2. The number of amides is 1. The van der Waals surface area contributed by atoms with E-state index in [1.807, 2.05) is 30.3 Å². The van der Waals surface area contributed by atoms with Gasteiger partial charge in [-0.1, -0.05) is 18.2 Å². The molecule has 26 heavy (non-hydrogen) atoms. The number of benzene rings is 1. The molecule has 0 aliphatic carbocycles. The predicted molar refractivity (Wildman–Crippen MR) is 103 cm³/mol. The van der Waals surface area contributed by atoms with Gasteiger partial charge in [-0.3, -0.25) is 4.79 Å². The van der Waals surface area contributed by atoms with Crippen molar-refractivity contribution in [3.8, 4) is 5.75 Å². The van der Waals surface area contributed by atoms with Crippen LogP contribution in [0.4, 0.5) is 0 Å². The molecule has 1 unspecified atom stereocenters. The van der Waals surface area contributed by atoms with E-state index < -0.39 is 0 Å². The van der Waals surface area contributed by atoms with Gasteiger partial charge in [-0.05, 0) is 31.4 Å². The van der Waals surface area contributed by atoms with Gasteiger partial charge in [-0.2, -0.15) is 0 Å². The van der Waals surface area contributed by atoms with Crippen molar-refractivity contribution in [1.29, 1.82) is 0 Å². The van der Waals surface area contributed by atoms with Gasteiger partial charge in [0, 0.05) is 33.8 Å². The van der Waals surface area contributed by atoms with Crippen LogP contribution in [0.1, 0.15) is 19.3 Å². The molecule has 1 aromatic rings. The highest BCUT2D eigenvalue weighted by molar-refractivity contribution is 5.84. The summed E-state index contributed by atoms with van der Waals surface area (Å²) in [5.74, 6) is 1.47. The summed E-state index contributed by atoms with van der Waals surface area (Å²) in [6.45, 7) is 2.96. The van der Waals surface area contributed by atoms with E-state index in [0.29, 0.717) is 25.7 Å². The third-order valence-electron chi connectivity index (χ3n) is 4.02. The molecule has 1 fully saturated rings. The third kappa shape index (κ3) is 7.74. The normalized spacial score (nSPS) is 17.0. The largest absolute Gasteiger partial charge is 0.494 e. The third-order valence-corrected chi connectivity index (χ3v) is 4.02. The van der Waals surface area contributed by atoms with E-state index in [1.165, 1.54) is 4.90 Å². The fourth-order valence-electron chi connectivity index (χ4n) is 2.46. The summed E-state index contributed by atoms with van der Waals surface area (Å²) < 4.78 is 11.3. The topological polar surface area (TPSA) is 75.2 Å². The van der Waals surface area contributed by atoms with E-state index in [-0.39, 0.29) is 18.6 Å². The zero-order chi connectivity index (χ0) is 18.6. The first-order valence-electron chi connectivity index (χ1n) is 9.17. The molecule has 7 heteroatoms. The maximum Gasteiger partial charge on any atom is 0.243 e. The van der Waals surface area contributed by atoms with Gasteiger partial charge in [-0.25, -0.2) is 4.99 Å². The first-order valence-corrected chi connectivity index (χ1v) is 9.17. The number of ether oxygens (including phenoxy) is 2. The number of hydrogen-bond acceptors (Lipinski definition) is 4. The van der Waals surface area contributed by atoms with Crippen LogP contribution in [0, 0.1) is 0 Å². The van der Waals surface area contributed by atoms with Gasteiger partial charge in [0.05, 0.1) is 12.7 Å². The standard InChI is InChI=1S/C19H30N4O3/c1-23(2)18(24)15-22-19(21-14-17-10-6-12-26-17)20-11-7-13-25-16-8-4-3-5-9-16/h3-5,8-9,17H,6-7,10-15H2,1-2H3,(H2,20,21,22). The van der Waals surface area contributed by atoms with Crippen LogP contribution in [0.25, 0.3) is 0 Å². The smallest absolute Gasteiger partial charge is 0.243 e. The van der Waals surface area contributed by atoms with E-state index >= 15 is 0 Å². The molecular formula is C19H30N4O3. The van der Waals surface area contributed by atoms with Gasteiger partial charge >= 0.3 is 0 Å². The van der Waals surface area contributed by atoms with Crippen molar-refractivity contribution in [3.05, 3.63) is 30.3 Å². The Morgan fingerprint density at radius 3 is 2.81 bits per heavy atom. The van der Waals surface area contributed by atoms with E-state index in [4.69, 9.17) is 9.47 Å². The van der Waals surface area contributed by atoms with Crippen LogP contribution in [0.3, 0.4) is 0 Å². The number of para-hydroxylation sites is 1. The Kier molecular flexibility index (Phi) is 8.75. The minimum absolute atomic E-state index is 0.0318. The lowest BCUT2D eigenvalue weighted by molar-refractivity contribution is -0.127. The van der Waals surface area contributed by atoms with Crippen LogP contribution in [-0.4, -0.2) is 69.8 Å². The zero-order valence-corrected chi connectivity index (χ0v) is 15.7. The van der Waals surface area contributed by atoms with E-state index in [1.54, 1.807) is 14.1 Å². The minimum Gasteiger partial charge on any atom is -0.494 e. The van der Waals surface area contributed by atoms with Gasteiger partial charge in [0.1, 0.15) is 12.3 Å². The number of nitrogens with one attached hydrogen (secondary N) is 2. The molecular weight excluding hydrogens is 332 g/mol. The van der Waals surface area contributed by atoms with Gasteiger partial charge in [-0.15, -0.1) is 0 Å². The molecule has 0 bridgehead atoms. The highest BCUT2D eigenvalue weighted by Gasteiger charge is 2.15. The maximum absolute atomic E-state index is 11.8. The lowest BCUT2D eigenvalue weighted by Gasteiger charge is -2.16. The Balaban J connectivity index is 1.72. The summed E-state index contributed by atoms with van der Waals surface area (Å²) in [6.07, 6.45) is 3.20. The van der Waals surface area contributed by atoms with Crippen molar-refractivity contribution in [2.24, 2.45) is 4.99 Å². The zero-order valence-electron chi connectivity index (χ0n) is 15.7. The molecule has 7 nitrogen and oxygen atoms in total. The Hall–Kier alpha value is -2.28. The monoisotopic (exact) mass is 362 g/mol. The summed E-state index contributed by atoms with van der Waals surface area (Å²) in [4.78, 5) is 17.7. The summed E-state index contributed by atoms with van der Waals surface area (Å²) in [7, 11) is 3.46. The molecule has 1 amide bonds.